The van der Waals surface area contributed by atoms with Crippen LogP contribution in [0.25, 0.3) is 0 Å². The summed E-state index contributed by atoms with van der Waals surface area (Å²) in [4.78, 5) is 24.4. The minimum Gasteiger partial charge on any atom is -0.444 e. The van der Waals surface area contributed by atoms with Crippen molar-refractivity contribution in [2.75, 3.05) is 6.54 Å². The Kier molecular flexibility index (Phi) is 3.79. The van der Waals surface area contributed by atoms with Gasteiger partial charge in [-0.2, -0.15) is 0 Å². The molecule has 3 atom stereocenters. The number of piperidine rings is 1. The van der Waals surface area contributed by atoms with Gasteiger partial charge in [0.2, 0.25) is 0 Å². The molecule has 24 heavy (non-hydrogen) atoms. The summed E-state index contributed by atoms with van der Waals surface area (Å²) >= 11 is 0. The molecule has 2 saturated heterocycles. The summed E-state index contributed by atoms with van der Waals surface area (Å²) in [5.74, 6) is 0. The van der Waals surface area contributed by atoms with E-state index in [4.69, 9.17) is 9.47 Å². The number of rotatable bonds is 2. The largest absolute Gasteiger partial charge is 0.444 e. The first-order valence-electron chi connectivity index (χ1n) is 8.05. The number of fused-ring (bicyclic) bond motifs is 1. The van der Waals surface area contributed by atoms with Crippen molar-refractivity contribution in [2.45, 2.75) is 57.5 Å². The average Bonchev–Trinajstić information content (AvgIpc) is 3.19. The highest BCUT2D eigenvalue weighted by Gasteiger charge is 2.62. The minimum atomic E-state index is -0.534. The number of hydrogen-bond donors (Lipinski definition) is 0. The van der Waals surface area contributed by atoms with Gasteiger partial charge in [-0.15, -0.1) is 0 Å². The molecular weight excluding hydrogens is 312 g/mol. The Bertz CT molecular complexity index is 667. The van der Waals surface area contributed by atoms with Crippen molar-refractivity contribution >= 4 is 11.8 Å². The Hall–Kier alpha value is -2.15. The van der Waals surface area contributed by atoms with E-state index < -0.39 is 16.1 Å². The molecule has 0 bridgehead atoms. The lowest BCUT2D eigenvalue weighted by atomic mass is 9.85. The number of nitrogens with zero attached hydrogens (tertiary/aromatic N) is 2. The Morgan fingerprint density at radius 3 is 2.54 bits per heavy atom. The van der Waals surface area contributed by atoms with Crippen LogP contribution in [0.1, 0.15) is 39.7 Å². The number of nitro benzene ring substituents is 1. The molecule has 1 aromatic rings. The highest BCUT2D eigenvalue weighted by Crippen LogP contribution is 2.53. The molecular formula is C17H22N2O5. The van der Waals surface area contributed by atoms with Crippen LogP contribution in [0.4, 0.5) is 10.5 Å². The molecule has 3 rings (SSSR count). The van der Waals surface area contributed by atoms with E-state index >= 15 is 0 Å². The van der Waals surface area contributed by atoms with Crippen LogP contribution in [0, 0.1) is 10.1 Å². The van der Waals surface area contributed by atoms with E-state index in [-0.39, 0.29) is 23.9 Å². The van der Waals surface area contributed by atoms with Crippen LogP contribution < -0.4 is 0 Å². The zero-order valence-electron chi connectivity index (χ0n) is 14.3. The van der Waals surface area contributed by atoms with Gasteiger partial charge in [-0.05, 0) is 45.4 Å². The third-order valence-corrected chi connectivity index (χ3v) is 4.50. The number of hydrogen-bond acceptors (Lipinski definition) is 5. The van der Waals surface area contributed by atoms with E-state index in [1.54, 1.807) is 17.0 Å². The summed E-state index contributed by atoms with van der Waals surface area (Å²) in [5.41, 5.74) is 0.0154. The van der Waals surface area contributed by atoms with E-state index in [0.717, 1.165) is 5.56 Å². The molecule has 1 aromatic carbocycles. The van der Waals surface area contributed by atoms with Gasteiger partial charge in [-0.1, -0.05) is 0 Å². The van der Waals surface area contributed by atoms with Gasteiger partial charge in [-0.25, -0.2) is 4.79 Å². The molecule has 0 spiro atoms. The molecule has 7 heteroatoms. The summed E-state index contributed by atoms with van der Waals surface area (Å²) < 4.78 is 11.4. The van der Waals surface area contributed by atoms with Gasteiger partial charge in [0.1, 0.15) is 17.3 Å². The van der Waals surface area contributed by atoms with E-state index in [2.05, 4.69) is 0 Å². The molecule has 2 aliphatic rings. The van der Waals surface area contributed by atoms with Crippen LogP contribution in [0.15, 0.2) is 24.3 Å². The number of ether oxygens (including phenoxy) is 2. The fourth-order valence-corrected chi connectivity index (χ4v) is 3.30. The lowest BCUT2D eigenvalue weighted by Crippen LogP contribution is -2.49. The summed E-state index contributed by atoms with van der Waals surface area (Å²) in [6, 6.07) is 6.44. The smallest absolute Gasteiger partial charge is 0.410 e. The second-order valence-electron chi connectivity index (χ2n) is 7.49. The van der Waals surface area contributed by atoms with Crippen molar-refractivity contribution in [1.82, 2.24) is 4.90 Å². The average molecular weight is 334 g/mol. The Morgan fingerprint density at radius 1 is 1.38 bits per heavy atom. The number of carbonyl (C=O) groups is 1. The summed E-state index contributed by atoms with van der Waals surface area (Å²) in [6.07, 6.45) is 0.222. The van der Waals surface area contributed by atoms with Crippen LogP contribution in [-0.4, -0.2) is 40.2 Å². The zero-order valence-corrected chi connectivity index (χ0v) is 14.3. The van der Waals surface area contributed by atoms with Gasteiger partial charge in [0, 0.05) is 24.6 Å². The van der Waals surface area contributed by atoms with E-state index in [1.165, 1.54) is 12.1 Å². The van der Waals surface area contributed by atoms with Gasteiger partial charge in [-0.3, -0.25) is 10.1 Å². The van der Waals surface area contributed by atoms with Crippen molar-refractivity contribution in [3.05, 3.63) is 39.9 Å². The fourth-order valence-electron chi connectivity index (χ4n) is 3.30. The molecule has 0 N–H and O–H groups in total. The van der Waals surface area contributed by atoms with Crippen molar-refractivity contribution in [3.8, 4) is 0 Å². The third kappa shape index (κ3) is 2.96. The van der Waals surface area contributed by atoms with E-state index in [0.29, 0.717) is 13.0 Å². The van der Waals surface area contributed by atoms with Crippen LogP contribution in [0.3, 0.4) is 0 Å². The fraction of sp³-hybridized carbons (Fsp3) is 0.588. The van der Waals surface area contributed by atoms with Crippen molar-refractivity contribution < 1.29 is 19.2 Å². The van der Waals surface area contributed by atoms with Crippen LogP contribution in [0.2, 0.25) is 0 Å². The normalized spacial score (nSPS) is 28.9. The van der Waals surface area contributed by atoms with Crippen LogP contribution in [-0.2, 0) is 15.1 Å². The molecule has 0 radical (unpaired) electrons. The Labute approximate surface area is 140 Å². The molecule has 3 unspecified atom stereocenters. The van der Waals surface area contributed by atoms with Crippen LogP contribution in [0.5, 0.6) is 0 Å². The minimum absolute atomic E-state index is 0.0335. The summed E-state index contributed by atoms with van der Waals surface area (Å²) in [6.45, 7) is 7.96. The molecule has 0 aliphatic carbocycles. The lowest BCUT2D eigenvalue weighted by molar-refractivity contribution is -0.384. The molecule has 2 aliphatic heterocycles. The summed E-state index contributed by atoms with van der Waals surface area (Å²) in [5, 5.41) is 10.8. The van der Waals surface area contributed by atoms with Gasteiger partial charge in [0.15, 0.2) is 0 Å². The first kappa shape index (κ1) is 16.7. The van der Waals surface area contributed by atoms with Gasteiger partial charge < -0.3 is 14.4 Å². The SMILES string of the molecule is CC1CC2(c3ccc([N+](=O)[O-])cc3)OC2CN1C(=O)OC(C)(C)C. The maximum atomic E-state index is 12.3. The molecule has 0 aromatic heterocycles. The maximum Gasteiger partial charge on any atom is 0.410 e. The van der Waals surface area contributed by atoms with E-state index in [1.807, 2.05) is 27.7 Å². The predicted octanol–water partition coefficient (Wildman–Crippen LogP) is 3.22. The maximum absolute atomic E-state index is 12.3. The number of carbonyl (C=O) groups excluding carboxylic acids is 1. The molecule has 2 fully saturated rings. The second kappa shape index (κ2) is 5.44. The molecule has 0 saturated carbocycles. The Morgan fingerprint density at radius 2 is 2.00 bits per heavy atom. The Balaban J connectivity index is 1.73. The first-order valence-corrected chi connectivity index (χ1v) is 8.05. The van der Waals surface area contributed by atoms with Crippen molar-refractivity contribution in [2.24, 2.45) is 0 Å². The third-order valence-electron chi connectivity index (χ3n) is 4.50. The highest BCUT2D eigenvalue weighted by atomic mass is 16.6. The lowest BCUT2D eigenvalue weighted by Gasteiger charge is -2.36. The van der Waals surface area contributed by atoms with Gasteiger partial charge in [0.05, 0.1) is 11.5 Å². The number of likely N-dealkylation sites (tertiary alicyclic amines) is 1. The number of amides is 1. The number of benzene rings is 1. The highest BCUT2D eigenvalue weighted by molar-refractivity contribution is 5.69. The van der Waals surface area contributed by atoms with Gasteiger partial charge >= 0.3 is 6.09 Å². The molecule has 2 heterocycles. The predicted molar refractivity (Wildman–Crippen MR) is 86.7 cm³/mol. The number of non-ortho nitro benzene ring substituents is 1. The van der Waals surface area contributed by atoms with Crippen molar-refractivity contribution in [3.63, 3.8) is 0 Å². The topological polar surface area (TPSA) is 85.2 Å². The van der Waals surface area contributed by atoms with Crippen molar-refractivity contribution in [1.29, 1.82) is 0 Å². The number of epoxide rings is 1. The first-order chi connectivity index (χ1) is 11.1. The van der Waals surface area contributed by atoms with E-state index in [9.17, 15) is 14.9 Å². The second-order valence-corrected chi connectivity index (χ2v) is 7.49. The molecule has 1 amide bonds. The standard InChI is InChI=1S/C17H22N2O5/c1-11-9-17(12-5-7-13(8-6-12)19(21)22)14(23-17)10-18(11)15(20)24-16(2,3)4/h5-8,11,14H,9-10H2,1-4H3. The monoisotopic (exact) mass is 334 g/mol. The quantitative estimate of drug-likeness (QED) is 0.471. The zero-order chi connectivity index (χ0) is 17.7. The molecule has 130 valence electrons. The van der Waals surface area contributed by atoms with Gasteiger partial charge in [0.25, 0.3) is 5.69 Å². The van der Waals surface area contributed by atoms with Crippen LogP contribution >= 0.6 is 0 Å². The number of nitro groups is 1. The summed E-state index contributed by atoms with van der Waals surface area (Å²) in [7, 11) is 0. The molecule has 7 nitrogen and oxygen atoms in total.